The van der Waals surface area contributed by atoms with Gasteiger partial charge in [-0.3, -0.25) is 0 Å². The number of para-hydroxylation sites is 2. The third kappa shape index (κ3) is 3.01. The van der Waals surface area contributed by atoms with Crippen LogP contribution in [0.3, 0.4) is 0 Å². The van der Waals surface area contributed by atoms with Crippen molar-refractivity contribution < 1.29 is 4.42 Å². The van der Waals surface area contributed by atoms with Gasteiger partial charge in [0.15, 0.2) is 0 Å². The molecule has 1 aliphatic heterocycles. The zero-order valence-electron chi connectivity index (χ0n) is 16.9. The molecule has 4 aromatic carbocycles. The van der Waals surface area contributed by atoms with Crippen LogP contribution in [0.5, 0.6) is 0 Å². The molecule has 0 bridgehead atoms. The lowest BCUT2D eigenvalue weighted by Crippen LogP contribution is -2.19. The summed E-state index contributed by atoms with van der Waals surface area (Å²) in [6.45, 7) is 0. The Labute approximate surface area is 181 Å². The van der Waals surface area contributed by atoms with Gasteiger partial charge in [0.1, 0.15) is 11.5 Å². The lowest BCUT2D eigenvalue weighted by atomic mass is 10.1. The van der Waals surface area contributed by atoms with Crippen molar-refractivity contribution in [3.05, 3.63) is 127 Å². The summed E-state index contributed by atoms with van der Waals surface area (Å²) in [6.07, 6.45) is 0. The smallest absolute Gasteiger partial charge is 0.219 e. The molecule has 146 valence electrons. The maximum absolute atomic E-state index is 6.40. The van der Waals surface area contributed by atoms with Gasteiger partial charge in [-0.2, -0.15) is 4.58 Å². The molecule has 6 rings (SSSR count). The molecule has 0 fully saturated rings. The molecule has 5 aromatic rings. The highest BCUT2D eigenvalue weighted by atomic mass is 16.3. The largest absolute Gasteiger partial charge is 0.456 e. The molecule has 2 nitrogen and oxygen atoms in total. The molecule has 1 aliphatic rings. The summed E-state index contributed by atoms with van der Waals surface area (Å²) in [7, 11) is 0. The Kier molecular flexibility index (Phi) is 4.14. The number of hydrogen-bond acceptors (Lipinski definition) is 1. The summed E-state index contributed by atoms with van der Waals surface area (Å²) in [6, 6.07) is 42.0. The predicted molar refractivity (Wildman–Crippen MR) is 126 cm³/mol. The SMILES string of the molecule is c1ccc(-c2cc(=[N+]3c4ccccc4-c4ccccc43)cc(-c3ccccc3)o2)cc1. The second-order valence-corrected chi connectivity index (χ2v) is 7.65. The average molecular weight is 398 g/mol. The van der Waals surface area contributed by atoms with Gasteiger partial charge in [0.05, 0.1) is 23.3 Å². The third-order valence-corrected chi connectivity index (χ3v) is 5.73. The molecule has 0 unspecified atom stereocenters. The Morgan fingerprint density at radius 2 is 0.871 bits per heavy atom. The van der Waals surface area contributed by atoms with E-state index in [1.807, 2.05) is 36.4 Å². The molecule has 0 amide bonds. The Bertz CT molecular complexity index is 1360. The molecular formula is C29H20NO+. The van der Waals surface area contributed by atoms with Crippen LogP contribution in [0.15, 0.2) is 126 Å². The van der Waals surface area contributed by atoms with Crippen molar-refractivity contribution in [2.45, 2.75) is 0 Å². The molecule has 0 saturated heterocycles. The van der Waals surface area contributed by atoms with Crippen molar-refractivity contribution in [1.82, 2.24) is 4.58 Å². The third-order valence-electron chi connectivity index (χ3n) is 5.73. The summed E-state index contributed by atoms with van der Waals surface area (Å²) in [5.41, 5.74) is 6.99. The van der Waals surface area contributed by atoms with E-state index < -0.39 is 0 Å². The summed E-state index contributed by atoms with van der Waals surface area (Å²) in [5.74, 6) is 1.69. The summed E-state index contributed by atoms with van der Waals surface area (Å²) >= 11 is 0. The van der Waals surface area contributed by atoms with Gasteiger partial charge in [0.25, 0.3) is 0 Å². The van der Waals surface area contributed by atoms with Crippen LogP contribution in [-0.2, 0) is 0 Å². The summed E-state index contributed by atoms with van der Waals surface area (Å²) in [4.78, 5) is 0. The highest BCUT2D eigenvalue weighted by molar-refractivity contribution is 5.91. The van der Waals surface area contributed by atoms with E-state index >= 15 is 0 Å². The highest BCUT2D eigenvalue weighted by Gasteiger charge is 2.31. The van der Waals surface area contributed by atoms with E-state index in [0.29, 0.717) is 0 Å². The average Bonchev–Trinajstić information content (AvgIpc) is 3.19. The van der Waals surface area contributed by atoms with Crippen LogP contribution in [0, 0.1) is 0 Å². The van der Waals surface area contributed by atoms with Crippen LogP contribution in [0.4, 0.5) is 11.4 Å². The number of benzene rings is 4. The van der Waals surface area contributed by atoms with Crippen LogP contribution < -0.4 is 9.93 Å². The topological polar surface area (TPSA) is 16.1 Å². The van der Waals surface area contributed by atoms with Crippen molar-refractivity contribution in [3.8, 4) is 33.8 Å². The number of fused-ring (bicyclic) bond motifs is 3. The minimum Gasteiger partial charge on any atom is -0.456 e. The van der Waals surface area contributed by atoms with Gasteiger partial charge < -0.3 is 4.42 Å². The first-order valence-corrected chi connectivity index (χ1v) is 10.5. The van der Waals surface area contributed by atoms with E-state index in [4.69, 9.17) is 4.42 Å². The summed E-state index contributed by atoms with van der Waals surface area (Å²) in [5, 5.41) is 1.08. The Balaban J connectivity index is 1.72. The molecule has 2 heteroatoms. The maximum Gasteiger partial charge on any atom is 0.219 e. The number of hydrogen-bond donors (Lipinski definition) is 0. The van der Waals surface area contributed by atoms with Crippen molar-refractivity contribution >= 4 is 11.4 Å². The molecular weight excluding hydrogens is 378 g/mol. The maximum atomic E-state index is 6.40. The van der Waals surface area contributed by atoms with Gasteiger partial charge in [-0.1, -0.05) is 84.9 Å². The normalized spacial score (nSPS) is 11.8. The Morgan fingerprint density at radius 1 is 0.452 bits per heavy atom. The van der Waals surface area contributed by atoms with E-state index in [2.05, 4.69) is 89.5 Å². The van der Waals surface area contributed by atoms with Crippen molar-refractivity contribution in [1.29, 1.82) is 0 Å². The highest BCUT2D eigenvalue weighted by Crippen LogP contribution is 2.43. The second-order valence-electron chi connectivity index (χ2n) is 7.65. The zero-order chi connectivity index (χ0) is 20.6. The first kappa shape index (κ1) is 17.7. The Hall–Kier alpha value is -4.17. The van der Waals surface area contributed by atoms with Crippen molar-refractivity contribution in [2.24, 2.45) is 0 Å². The molecule has 0 atom stereocenters. The number of rotatable bonds is 2. The molecule has 1 aromatic heterocycles. The van der Waals surface area contributed by atoms with E-state index in [-0.39, 0.29) is 0 Å². The fraction of sp³-hybridized carbons (Fsp3) is 0. The van der Waals surface area contributed by atoms with Crippen molar-refractivity contribution in [2.75, 3.05) is 0 Å². The Morgan fingerprint density at radius 3 is 1.35 bits per heavy atom. The lowest BCUT2D eigenvalue weighted by molar-refractivity contribution is 0.578. The van der Waals surface area contributed by atoms with Crippen LogP contribution >= 0.6 is 0 Å². The quantitative estimate of drug-likeness (QED) is 0.286. The van der Waals surface area contributed by atoms with E-state index in [0.717, 1.165) is 28.0 Å². The minimum absolute atomic E-state index is 0.846. The van der Waals surface area contributed by atoms with Gasteiger partial charge in [-0.25, -0.2) is 0 Å². The van der Waals surface area contributed by atoms with Crippen LogP contribution in [0.25, 0.3) is 33.8 Å². The van der Waals surface area contributed by atoms with E-state index in [1.165, 1.54) is 22.5 Å². The standard InChI is InChI=1S/C29H20NO/c1-3-11-21(12-4-1)28-19-23(20-29(31-28)22-13-5-2-6-14-22)30-26-17-9-7-15-24(26)25-16-8-10-18-27(25)30/h1-20H/q+1. The summed E-state index contributed by atoms with van der Waals surface area (Å²) < 4.78 is 8.73. The predicted octanol–water partition coefficient (Wildman–Crippen LogP) is 7.03. The molecule has 31 heavy (non-hydrogen) atoms. The number of nitrogens with zero attached hydrogens (tertiary/aromatic N) is 1. The van der Waals surface area contributed by atoms with Crippen LogP contribution in [0.1, 0.15) is 0 Å². The minimum atomic E-state index is 0.846. The zero-order valence-corrected chi connectivity index (χ0v) is 16.9. The van der Waals surface area contributed by atoms with Crippen molar-refractivity contribution in [3.63, 3.8) is 0 Å². The van der Waals surface area contributed by atoms with Gasteiger partial charge in [-0.05, 0) is 12.1 Å². The van der Waals surface area contributed by atoms with Gasteiger partial charge >= 0.3 is 0 Å². The lowest BCUT2D eigenvalue weighted by Gasteiger charge is -2.06. The van der Waals surface area contributed by atoms with Crippen LogP contribution in [-0.4, -0.2) is 0 Å². The molecule has 0 N–H and O–H groups in total. The first-order chi connectivity index (χ1) is 15.4. The van der Waals surface area contributed by atoms with Gasteiger partial charge in [0, 0.05) is 23.3 Å². The van der Waals surface area contributed by atoms with Gasteiger partial charge in [0.2, 0.25) is 16.7 Å². The molecule has 0 aliphatic carbocycles. The molecule has 0 spiro atoms. The van der Waals surface area contributed by atoms with Gasteiger partial charge in [-0.15, -0.1) is 0 Å². The fourth-order valence-electron chi connectivity index (χ4n) is 4.31. The molecule has 0 radical (unpaired) electrons. The molecule has 0 saturated carbocycles. The van der Waals surface area contributed by atoms with E-state index in [9.17, 15) is 0 Å². The van der Waals surface area contributed by atoms with Crippen LogP contribution in [0.2, 0.25) is 0 Å². The fourth-order valence-corrected chi connectivity index (χ4v) is 4.31. The second kappa shape index (κ2) is 7.26. The van der Waals surface area contributed by atoms with E-state index in [1.54, 1.807) is 0 Å². The molecule has 2 heterocycles. The first-order valence-electron chi connectivity index (χ1n) is 10.5. The monoisotopic (exact) mass is 398 g/mol.